The Morgan fingerprint density at radius 2 is 2.33 bits per heavy atom. The van der Waals surface area contributed by atoms with Gasteiger partial charge in [-0.25, -0.2) is 4.79 Å². The van der Waals surface area contributed by atoms with Gasteiger partial charge in [0.2, 0.25) is 5.70 Å². The molecule has 2 N–H and O–H groups in total. The van der Waals surface area contributed by atoms with Gasteiger partial charge in [0.05, 0.1) is 4.92 Å². The van der Waals surface area contributed by atoms with Gasteiger partial charge >= 0.3 is 6.09 Å². The van der Waals surface area contributed by atoms with Crippen LogP contribution in [-0.4, -0.2) is 22.7 Å². The number of nitrogens with zero attached hydrogens (tertiary/aromatic N) is 1. The van der Waals surface area contributed by atoms with Crippen molar-refractivity contribution in [2.75, 3.05) is 6.54 Å². The van der Waals surface area contributed by atoms with Crippen LogP contribution < -0.4 is 5.32 Å². The molecule has 0 aromatic heterocycles. The Kier molecular flexibility index (Phi) is 4.43. The van der Waals surface area contributed by atoms with E-state index in [2.05, 4.69) is 5.32 Å². The smallest absolute Gasteiger partial charge is 0.404 e. The van der Waals surface area contributed by atoms with Crippen LogP contribution >= 0.6 is 0 Å². The minimum absolute atomic E-state index is 0.0298. The summed E-state index contributed by atoms with van der Waals surface area (Å²) in [6.07, 6.45) is 0.580. The fraction of sp³-hybridized carbons (Fsp3) is 0.500. The van der Waals surface area contributed by atoms with Crippen LogP contribution in [0.2, 0.25) is 0 Å². The maximum atomic E-state index is 10.0. The topological polar surface area (TPSA) is 92.5 Å². The summed E-state index contributed by atoms with van der Waals surface area (Å²) in [7, 11) is 0. The van der Waals surface area contributed by atoms with Crippen molar-refractivity contribution in [2.45, 2.75) is 13.3 Å². The molecule has 0 aliphatic heterocycles. The van der Waals surface area contributed by atoms with E-state index in [1.165, 1.54) is 13.0 Å². The molecular formula is C6H10N2O4. The number of carboxylic acid groups (broad SMARTS) is 1. The number of hydrogen-bond acceptors (Lipinski definition) is 3. The van der Waals surface area contributed by atoms with Crippen molar-refractivity contribution >= 4 is 6.09 Å². The highest BCUT2D eigenvalue weighted by Crippen LogP contribution is 1.94. The highest BCUT2D eigenvalue weighted by Gasteiger charge is 1.99. The summed E-state index contributed by atoms with van der Waals surface area (Å²) in [6.45, 7) is 1.56. The van der Waals surface area contributed by atoms with Gasteiger partial charge in [0.15, 0.2) is 0 Å². The molecule has 12 heavy (non-hydrogen) atoms. The molecule has 0 aliphatic carbocycles. The van der Waals surface area contributed by atoms with Crippen molar-refractivity contribution < 1.29 is 14.8 Å². The van der Waals surface area contributed by atoms with Crippen LogP contribution in [0.25, 0.3) is 0 Å². The van der Waals surface area contributed by atoms with Gasteiger partial charge in [-0.1, -0.05) is 0 Å². The molecule has 0 saturated carbocycles. The molecule has 0 rings (SSSR count). The molecule has 0 aliphatic rings. The fourth-order valence-electron chi connectivity index (χ4n) is 0.535. The predicted molar refractivity (Wildman–Crippen MR) is 41.4 cm³/mol. The molecular weight excluding hydrogens is 164 g/mol. The minimum atomic E-state index is -1.12. The molecule has 0 fully saturated rings. The molecule has 0 atom stereocenters. The van der Waals surface area contributed by atoms with Crippen molar-refractivity contribution in [2.24, 2.45) is 0 Å². The van der Waals surface area contributed by atoms with E-state index in [0.717, 1.165) is 0 Å². The number of nitro groups is 1. The lowest BCUT2D eigenvalue weighted by Crippen LogP contribution is -2.21. The van der Waals surface area contributed by atoms with Crippen molar-refractivity contribution in [1.29, 1.82) is 0 Å². The van der Waals surface area contributed by atoms with Crippen LogP contribution in [-0.2, 0) is 0 Å². The molecule has 0 saturated heterocycles. The van der Waals surface area contributed by atoms with Gasteiger partial charge in [-0.15, -0.1) is 0 Å². The first-order valence-corrected chi connectivity index (χ1v) is 3.32. The summed E-state index contributed by atoms with van der Waals surface area (Å²) >= 11 is 0. The average molecular weight is 174 g/mol. The molecule has 0 unspecified atom stereocenters. The number of nitrogens with one attached hydrogen (secondary N) is 1. The largest absolute Gasteiger partial charge is 0.465 e. The third-order valence-corrected chi connectivity index (χ3v) is 1.15. The van der Waals surface area contributed by atoms with Gasteiger partial charge in [0.1, 0.15) is 0 Å². The maximum absolute atomic E-state index is 10.0. The first kappa shape index (κ1) is 10.4. The molecule has 0 heterocycles. The Balaban J connectivity index is 3.60. The van der Waals surface area contributed by atoms with Crippen molar-refractivity contribution in [3.63, 3.8) is 0 Å². The average Bonchev–Trinajstić information content (AvgIpc) is 1.97. The van der Waals surface area contributed by atoms with Crippen molar-refractivity contribution in [3.8, 4) is 0 Å². The number of allylic oxidation sites excluding steroid dienone is 1. The summed E-state index contributed by atoms with van der Waals surface area (Å²) in [4.78, 5) is 19.4. The van der Waals surface area contributed by atoms with E-state index in [0.29, 0.717) is 6.42 Å². The molecule has 1 amide bonds. The standard InChI is InChI=1S/C6H10N2O4/c1-5(8(11)12)3-2-4-7-6(9)10/h3,7H,2,4H2,1H3,(H,9,10). The third-order valence-electron chi connectivity index (χ3n) is 1.15. The number of amides is 1. The first-order valence-electron chi connectivity index (χ1n) is 3.32. The molecule has 0 aromatic carbocycles. The normalized spacial score (nSPS) is 10.9. The van der Waals surface area contributed by atoms with E-state index in [4.69, 9.17) is 5.11 Å². The fourth-order valence-corrected chi connectivity index (χ4v) is 0.535. The number of rotatable bonds is 4. The van der Waals surface area contributed by atoms with Crippen molar-refractivity contribution in [1.82, 2.24) is 5.32 Å². The van der Waals surface area contributed by atoms with Crippen LogP contribution in [0.3, 0.4) is 0 Å². The summed E-state index contributed by atoms with van der Waals surface area (Å²) in [5, 5.41) is 20.2. The van der Waals surface area contributed by atoms with Gasteiger partial charge in [0.25, 0.3) is 0 Å². The second-order valence-electron chi connectivity index (χ2n) is 2.12. The monoisotopic (exact) mass is 174 g/mol. The third kappa shape index (κ3) is 5.21. The van der Waals surface area contributed by atoms with E-state index in [9.17, 15) is 14.9 Å². The lowest BCUT2D eigenvalue weighted by atomic mass is 10.3. The van der Waals surface area contributed by atoms with Gasteiger partial charge in [0, 0.05) is 13.5 Å². The zero-order valence-electron chi connectivity index (χ0n) is 6.61. The predicted octanol–water partition coefficient (Wildman–Crippen LogP) is 0.825. The van der Waals surface area contributed by atoms with E-state index < -0.39 is 11.0 Å². The SMILES string of the molecule is CC(=CCCNC(=O)O)[N+](=O)[O-]. The number of carbonyl (C=O) groups is 1. The Morgan fingerprint density at radius 3 is 2.75 bits per heavy atom. The lowest BCUT2D eigenvalue weighted by molar-refractivity contribution is -0.424. The van der Waals surface area contributed by atoms with Gasteiger partial charge in [-0.2, -0.15) is 0 Å². The van der Waals surface area contributed by atoms with Crippen LogP contribution in [0.4, 0.5) is 4.79 Å². The highest BCUT2D eigenvalue weighted by molar-refractivity contribution is 5.64. The molecule has 0 aromatic rings. The quantitative estimate of drug-likeness (QED) is 0.375. The molecule has 0 spiro atoms. The summed E-state index contributed by atoms with van der Waals surface area (Å²) in [5.41, 5.74) is 0.0298. The molecule has 6 nitrogen and oxygen atoms in total. The molecule has 0 bridgehead atoms. The number of hydrogen-bond donors (Lipinski definition) is 2. The van der Waals surface area contributed by atoms with Crippen LogP contribution in [0, 0.1) is 10.1 Å². The summed E-state index contributed by atoms with van der Waals surface area (Å²) in [5.74, 6) is 0. The first-order chi connectivity index (χ1) is 5.54. The summed E-state index contributed by atoms with van der Waals surface area (Å²) < 4.78 is 0. The molecule has 6 heteroatoms. The highest BCUT2D eigenvalue weighted by atomic mass is 16.6. The Labute approximate surface area is 69.0 Å². The zero-order valence-corrected chi connectivity index (χ0v) is 6.61. The maximum Gasteiger partial charge on any atom is 0.404 e. The Bertz CT molecular complexity index is 212. The Morgan fingerprint density at radius 1 is 1.75 bits per heavy atom. The van der Waals surface area contributed by atoms with E-state index in [1.54, 1.807) is 0 Å². The lowest BCUT2D eigenvalue weighted by Gasteiger charge is -1.94. The zero-order chi connectivity index (χ0) is 9.56. The van der Waals surface area contributed by atoms with Crippen LogP contribution in [0.5, 0.6) is 0 Å². The second kappa shape index (κ2) is 5.11. The van der Waals surface area contributed by atoms with Gasteiger partial charge in [-0.05, 0) is 12.5 Å². The van der Waals surface area contributed by atoms with Gasteiger partial charge in [-0.3, -0.25) is 10.1 Å². The van der Waals surface area contributed by atoms with Crippen molar-refractivity contribution in [3.05, 3.63) is 21.9 Å². The van der Waals surface area contributed by atoms with Crippen LogP contribution in [0.1, 0.15) is 13.3 Å². The van der Waals surface area contributed by atoms with Crippen LogP contribution in [0.15, 0.2) is 11.8 Å². The molecule has 68 valence electrons. The van der Waals surface area contributed by atoms with E-state index >= 15 is 0 Å². The van der Waals surface area contributed by atoms with E-state index in [1.807, 2.05) is 0 Å². The second-order valence-corrected chi connectivity index (χ2v) is 2.12. The molecule has 0 radical (unpaired) electrons. The Hall–Kier alpha value is -1.59. The van der Waals surface area contributed by atoms with E-state index in [-0.39, 0.29) is 12.2 Å². The van der Waals surface area contributed by atoms with Gasteiger partial charge < -0.3 is 10.4 Å². The minimum Gasteiger partial charge on any atom is -0.465 e. The summed E-state index contributed by atoms with van der Waals surface area (Å²) in [6, 6.07) is 0.